The van der Waals surface area contributed by atoms with Gasteiger partial charge in [0.15, 0.2) is 0 Å². The van der Waals surface area contributed by atoms with Crippen molar-refractivity contribution in [1.29, 1.82) is 0 Å². The number of likely N-dealkylation sites (tertiary alicyclic amines) is 1. The monoisotopic (exact) mass is 190 g/mol. The molecule has 0 aromatic rings. The van der Waals surface area contributed by atoms with E-state index in [2.05, 4.69) is 9.64 Å². The topological polar surface area (TPSA) is 55.6 Å². The number of nitrogens with two attached hydrogens (primary N) is 1. The van der Waals surface area contributed by atoms with E-state index in [1.807, 2.05) is 13.8 Å². The van der Waals surface area contributed by atoms with Gasteiger partial charge in [-0.2, -0.15) is 0 Å². The van der Waals surface area contributed by atoms with Crippen LogP contribution < -0.4 is 5.73 Å². The number of carbonyl (C=O) groups is 1. The van der Waals surface area contributed by atoms with Gasteiger partial charge in [-0.3, -0.25) is 4.90 Å². The highest BCUT2D eigenvalue weighted by Crippen LogP contribution is 2.05. The first-order valence-corrected chi connectivity index (χ1v) is 4.93. The summed E-state index contributed by atoms with van der Waals surface area (Å²) in [6.45, 7) is 7.50. The Labute approximate surface area is 81.5 Å². The molecular formula is C9H22N2O2. The molecule has 1 amide bonds. The Hall–Kier alpha value is -0.770. The van der Waals surface area contributed by atoms with Crippen LogP contribution in [0.15, 0.2) is 0 Å². The molecule has 4 nitrogen and oxygen atoms in total. The van der Waals surface area contributed by atoms with Crippen LogP contribution in [0.5, 0.6) is 0 Å². The normalized spacial score (nSPS) is 16.2. The average molecular weight is 190 g/mol. The third-order valence-corrected chi connectivity index (χ3v) is 1.85. The van der Waals surface area contributed by atoms with Crippen molar-refractivity contribution in [3.63, 3.8) is 0 Å². The molecule has 1 saturated heterocycles. The van der Waals surface area contributed by atoms with Gasteiger partial charge in [-0.1, -0.05) is 13.8 Å². The fourth-order valence-electron chi connectivity index (χ4n) is 1.28. The Balaban J connectivity index is 0. The lowest BCUT2D eigenvalue weighted by molar-refractivity contribution is 0.142. The molecule has 4 heteroatoms. The van der Waals surface area contributed by atoms with Crippen LogP contribution in [-0.4, -0.2) is 37.2 Å². The van der Waals surface area contributed by atoms with E-state index in [1.54, 1.807) is 0 Å². The summed E-state index contributed by atoms with van der Waals surface area (Å²) in [5.74, 6) is 0. The van der Waals surface area contributed by atoms with Crippen molar-refractivity contribution in [2.24, 2.45) is 5.73 Å². The standard InChI is InChI=1S/C7H14N2O2.C2H6.H2/c8-7(10)11-6-5-9-3-1-2-4-9;1-2;/h1-6H2,(H2,8,10);1-2H3;1H. The molecule has 1 aliphatic heterocycles. The van der Waals surface area contributed by atoms with Gasteiger partial charge in [-0.05, 0) is 25.9 Å². The maximum absolute atomic E-state index is 10.2. The van der Waals surface area contributed by atoms with E-state index >= 15 is 0 Å². The first kappa shape index (κ1) is 12.2. The SMILES string of the molecule is CC.NC(=O)OCCN1CCCC1.[HH]. The van der Waals surface area contributed by atoms with Gasteiger partial charge in [0, 0.05) is 7.97 Å². The van der Waals surface area contributed by atoms with Crippen molar-refractivity contribution in [1.82, 2.24) is 4.90 Å². The zero-order valence-electron chi connectivity index (χ0n) is 8.58. The van der Waals surface area contributed by atoms with E-state index < -0.39 is 6.09 Å². The van der Waals surface area contributed by atoms with Crippen LogP contribution in [0, 0.1) is 0 Å². The van der Waals surface area contributed by atoms with Crippen molar-refractivity contribution in [2.75, 3.05) is 26.2 Å². The van der Waals surface area contributed by atoms with Crippen LogP contribution >= 0.6 is 0 Å². The molecule has 13 heavy (non-hydrogen) atoms. The van der Waals surface area contributed by atoms with Crippen molar-refractivity contribution in [2.45, 2.75) is 26.7 Å². The van der Waals surface area contributed by atoms with E-state index in [1.165, 1.54) is 12.8 Å². The summed E-state index contributed by atoms with van der Waals surface area (Å²) >= 11 is 0. The Bertz CT molecular complexity index is 139. The highest BCUT2D eigenvalue weighted by atomic mass is 16.5. The molecule has 0 atom stereocenters. The number of nitrogens with zero attached hydrogens (tertiary/aromatic N) is 1. The van der Waals surface area contributed by atoms with Crippen molar-refractivity contribution >= 4 is 6.09 Å². The minimum Gasteiger partial charge on any atom is -0.448 e. The Kier molecular flexibility index (Phi) is 7.39. The number of carbonyl (C=O) groups excluding carboxylic acids is 1. The van der Waals surface area contributed by atoms with Gasteiger partial charge in [-0.25, -0.2) is 4.79 Å². The van der Waals surface area contributed by atoms with Crippen molar-refractivity contribution in [3.8, 4) is 0 Å². The highest BCUT2D eigenvalue weighted by molar-refractivity contribution is 5.64. The third kappa shape index (κ3) is 6.40. The number of hydrogen-bond acceptors (Lipinski definition) is 3. The summed E-state index contributed by atoms with van der Waals surface area (Å²) in [6, 6.07) is 0. The molecule has 1 fully saturated rings. The smallest absolute Gasteiger partial charge is 0.404 e. The van der Waals surface area contributed by atoms with Gasteiger partial charge in [0.25, 0.3) is 0 Å². The van der Waals surface area contributed by atoms with Crippen molar-refractivity contribution < 1.29 is 11.0 Å². The molecule has 1 aliphatic rings. The first-order chi connectivity index (χ1) is 6.29. The molecule has 0 spiro atoms. The molecule has 0 aliphatic carbocycles. The number of hydrogen-bond donors (Lipinski definition) is 1. The van der Waals surface area contributed by atoms with E-state index in [9.17, 15) is 4.79 Å². The largest absolute Gasteiger partial charge is 0.448 e. The van der Waals surface area contributed by atoms with Gasteiger partial charge < -0.3 is 10.5 Å². The summed E-state index contributed by atoms with van der Waals surface area (Å²) in [7, 11) is 0. The average Bonchev–Trinajstić information content (AvgIpc) is 2.60. The van der Waals surface area contributed by atoms with Gasteiger partial charge in [-0.15, -0.1) is 0 Å². The third-order valence-electron chi connectivity index (χ3n) is 1.85. The quantitative estimate of drug-likeness (QED) is 0.732. The lowest BCUT2D eigenvalue weighted by Crippen LogP contribution is -2.26. The first-order valence-electron chi connectivity index (χ1n) is 4.93. The minimum atomic E-state index is -0.677. The fourth-order valence-corrected chi connectivity index (χ4v) is 1.28. The molecule has 0 aromatic carbocycles. The minimum absolute atomic E-state index is 0. The molecule has 0 saturated carbocycles. The van der Waals surface area contributed by atoms with Crippen molar-refractivity contribution in [3.05, 3.63) is 0 Å². The van der Waals surface area contributed by atoms with E-state index in [4.69, 9.17) is 5.73 Å². The summed E-state index contributed by atoms with van der Waals surface area (Å²) in [5, 5.41) is 0. The maximum atomic E-state index is 10.2. The molecule has 1 heterocycles. The molecule has 0 aromatic heterocycles. The second-order valence-electron chi connectivity index (χ2n) is 2.72. The molecule has 0 unspecified atom stereocenters. The van der Waals surface area contributed by atoms with Gasteiger partial charge in [0.1, 0.15) is 6.61 Å². The van der Waals surface area contributed by atoms with Crippen LogP contribution in [-0.2, 0) is 4.74 Å². The number of rotatable bonds is 3. The van der Waals surface area contributed by atoms with Gasteiger partial charge >= 0.3 is 6.09 Å². The van der Waals surface area contributed by atoms with Crippen LogP contribution in [0.3, 0.4) is 0 Å². The summed E-state index contributed by atoms with van der Waals surface area (Å²) in [6.07, 6.45) is 1.84. The summed E-state index contributed by atoms with van der Waals surface area (Å²) in [5.41, 5.74) is 4.80. The van der Waals surface area contributed by atoms with Crippen LogP contribution in [0.25, 0.3) is 0 Å². The number of amides is 1. The highest BCUT2D eigenvalue weighted by Gasteiger charge is 2.10. The van der Waals surface area contributed by atoms with Gasteiger partial charge in [0.2, 0.25) is 0 Å². The second-order valence-corrected chi connectivity index (χ2v) is 2.72. The number of ether oxygens (including phenoxy) is 1. The fraction of sp³-hybridized carbons (Fsp3) is 0.889. The van der Waals surface area contributed by atoms with E-state index in [-0.39, 0.29) is 1.43 Å². The molecule has 2 N–H and O–H groups in total. The predicted octanol–water partition coefficient (Wildman–Crippen LogP) is 1.45. The molecule has 80 valence electrons. The molecular weight excluding hydrogens is 168 g/mol. The lowest BCUT2D eigenvalue weighted by Gasteiger charge is -2.12. The maximum Gasteiger partial charge on any atom is 0.404 e. The van der Waals surface area contributed by atoms with Crippen LogP contribution in [0.1, 0.15) is 28.1 Å². The van der Waals surface area contributed by atoms with Crippen LogP contribution in [0.4, 0.5) is 4.79 Å². The molecule has 0 bridgehead atoms. The Morgan fingerprint density at radius 2 is 2.00 bits per heavy atom. The predicted molar refractivity (Wildman–Crippen MR) is 54.7 cm³/mol. The van der Waals surface area contributed by atoms with E-state index in [0.29, 0.717) is 6.61 Å². The lowest BCUT2D eigenvalue weighted by atomic mass is 10.4. The zero-order chi connectivity index (χ0) is 10.1. The van der Waals surface area contributed by atoms with Crippen LogP contribution in [0.2, 0.25) is 0 Å². The molecule has 1 rings (SSSR count). The summed E-state index contributed by atoms with van der Waals surface area (Å²) in [4.78, 5) is 12.4. The zero-order valence-corrected chi connectivity index (χ0v) is 8.58. The number of primary amides is 1. The van der Waals surface area contributed by atoms with Gasteiger partial charge in [0.05, 0.1) is 0 Å². The second kappa shape index (κ2) is 7.86. The molecule has 0 radical (unpaired) electrons. The van der Waals surface area contributed by atoms with E-state index in [0.717, 1.165) is 19.6 Å². The summed E-state index contributed by atoms with van der Waals surface area (Å²) < 4.78 is 4.60. The Morgan fingerprint density at radius 3 is 2.46 bits per heavy atom. The Morgan fingerprint density at radius 1 is 1.46 bits per heavy atom.